The maximum absolute atomic E-state index is 12.5. The van der Waals surface area contributed by atoms with Crippen LogP contribution in [0.2, 0.25) is 10.0 Å². The molecule has 1 aliphatic heterocycles. The molecule has 0 unspecified atom stereocenters. The third-order valence-corrected chi connectivity index (χ3v) is 7.15. The van der Waals surface area contributed by atoms with Crippen LogP contribution >= 0.6 is 23.2 Å². The van der Waals surface area contributed by atoms with Crippen molar-refractivity contribution in [2.24, 2.45) is 0 Å². The van der Waals surface area contributed by atoms with E-state index in [1.165, 1.54) is 28.6 Å². The quantitative estimate of drug-likeness (QED) is 0.677. The van der Waals surface area contributed by atoms with E-state index in [-0.39, 0.29) is 16.9 Å². The second-order valence-electron chi connectivity index (χ2n) is 6.51. The second kappa shape index (κ2) is 9.13. The Hall–Kier alpha value is -2.13. The average Bonchev–Trinajstić information content (AvgIpc) is 3.25. The second-order valence-corrected chi connectivity index (χ2v) is 9.27. The van der Waals surface area contributed by atoms with Crippen LogP contribution in [0.5, 0.6) is 0 Å². The summed E-state index contributed by atoms with van der Waals surface area (Å²) in [5.41, 5.74) is 5.25. The predicted molar refractivity (Wildman–Crippen MR) is 110 cm³/mol. The fraction of sp³-hybridized carbons (Fsp3) is 0.263. The molecule has 3 rings (SSSR count). The SMILES string of the molecule is O=C(Cc1c(Cl)cccc1Cl)NNC(=O)c1ccc(S(=O)(=O)N2CCCC2)cc1. The Morgan fingerprint density at radius 1 is 0.931 bits per heavy atom. The van der Waals surface area contributed by atoms with Crippen molar-refractivity contribution in [1.82, 2.24) is 15.2 Å². The topological polar surface area (TPSA) is 95.6 Å². The number of hydrogen-bond acceptors (Lipinski definition) is 4. The van der Waals surface area contributed by atoms with E-state index in [0.717, 1.165) is 12.8 Å². The molecule has 1 aliphatic rings. The van der Waals surface area contributed by atoms with Gasteiger partial charge in [0.05, 0.1) is 11.3 Å². The molecule has 2 amide bonds. The standard InChI is InChI=1S/C19H19Cl2N3O4S/c20-16-4-3-5-17(21)15(16)12-18(25)22-23-19(26)13-6-8-14(9-7-13)29(27,28)24-10-1-2-11-24/h3-9H,1-2,10-12H2,(H,22,25)(H,23,26). The first-order valence-electron chi connectivity index (χ1n) is 8.91. The van der Waals surface area contributed by atoms with Crippen LogP contribution < -0.4 is 10.9 Å². The van der Waals surface area contributed by atoms with Gasteiger partial charge in [0, 0.05) is 28.7 Å². The number of amides is 2. The maximum atomic E-state index is 12.5. The van der Waals surface area contributed by atoms with Crippen LogP contribution in [-0.2, 0) is 21.2 Å². The largest absolute Gasteiger partial charge is 0.273 e. The molecule has 10 heteroatoms. The molecule has 29 heavy (non-hydrogen) atoms. The Kier molecular flexibility index (Phi) is 6.79. The first-order valence-corrected chi connectivity index (χ1v) is 11.1. The minimum Gasteiger partial charge on any atom is -0.273 e. The monoisotopic (exact) mass is 455 g/mol. The molecule has 1 saturated heterocycles. The van der Waals surface area contributed by atoms with Gasteiger partial charge in [0.25, 0.3) is 5.91 Å². The lowest BCUT2D eigenvalue weighted by atomic mass is 10.1. The summed E-state index contributed by atoms with van der Waals surface area (Å²) in [6.45, 7) is 1.01. The van der Waals surface area contributed by atoms with Crippen molar-refractivity contribution in [1.29, 1.82) is 0 Å². The molecule has 154 valence electrons. The fourth-order valence-corrected chi connectivity index (χ4v) is 5.01. The highest BCUT2D eigenvalue weighted by molar-refractivity contribution is 7.89. The Morgan fingerprint density at radius 2 is 1.52 bits per heavy atom. The van der Waals surface area contributed by atoms with Crippen LogP contribution in [0, 0.1) is 0 Å². The van der Waals surface area contributed by atoms with Crippen molar-refractivity contribution in [2.45, 2.75) is 24.2 Å². The van der Waals surface area contributed by atoms with Crippen molar-refractivity contribution in [2.75, 3.05) is 13.1 Å². The fourth-order valence-electron chi connectivity index (χ4n) is 2.96. The minimum atomic E-state index is -3.54. The van der Waals surface area contributed by atoms with Gasteiger partial charge in [0.2, 0.25) is 15.9 Å². The molecule has 0 aliphatic carbocycles. The molecule has 0 bridgehead atoms. The zero-order valence-electron chi connectivity index (χ0n) is 15.3. The van der Waals surface area contributed by atoms with Gasteiger partial charge in [-0.25, -0.2) is 8.42 Å². The lowest BCUT2D eigenvalue weighted by Gasteiger charge is -2.15. The third-order valence-electron chi connectivity index (χ3n) is 4.53. The molecule has 1 heterocycles. The molecule has 2 N–H and O–H groups in total. The summed E-state index contributed by atoms with van der Waals surface area (Å²) in [6.07, 6.45) is 1.59. The highest BCUT2D eigenvalue weighted by Crippen LogP contribution is 2.24. The Labute approximate surface area is 179 Å². The normalized spacial score (nSPS) is 14.6. The maximum Gasteiger partial charge on any atom is 0.269 e. The van der Waals surface area contributed by atoms with E-state index in [1.54, 1.807) is 18.2 Å². The van der Waals surface area contributed by atoms with Gasteiger partial charge in [-0.1, -0.05) is 29.3 Å². The number of sulfonamides is 1. The molecule has 0 spiro atoms. The predicted octanol–water partition coefficient (Wildman–Crippen LogP) is 2.78. The van der Waals surface area contributed by atoms with E-state index < -0.39 is 21.8 Å². The smallest absolute Gasteiger partial charge is 0.269 e. The van der Waals surface area contributed by atoms with E-state index in [0.29, 0.717) is 28.7 Å². The van der Waals surface area contributed by atoms with Crippen LogP contribution in [-0.4, -0.2) is 37.6 Å². The van der Waals surface area contributed by atoms with Gasteiger partial charge in [0.1, 0.15) is 0 Å². The summed E-state index contributed by atoms with van der Waals surface area (Å²) in [5.74, 6) is -1.07. The summed E-state index contributed by atoms with van der Waals surface area (Å²) in [4.78, 5) is 24.4. The van der Waals surface area contributed by atoms with E-state index in [1.807, 2.05) is 0 Å². The van der Waals surface area contributed by atoms with Gasteiger partial charge < -0.3 is 0 Å². The summed E-state index contributed by atoms with van der Waals surface area (Å²) < 4.78 is 26.4. The van der Waals surface area contributed by atoms with Crippen molar-refractivity contribution >= 4 is 45.0 Å². The van der Waals surface area contributed by atoms with E-state index >= 15 is 0 Å². The molecule has 2 aromatic carbocycles. The number of halogens is 2. The molecule has 0 saturated carbocycles. The van der Waals surface area contributed by atoms with Crippen LogP contribution in [0.3, 0.4) is 0 Å². The zero-order valence-corrected chi connectivity index (χ0v) is 17.6. The van der Waals surface area contributed by atoms with Crippen molar-refractivity contribution < 1.29 is 18.0 Å². The van der Waals surface area contributed by atoms with Gasteiger partial charge in [0.15, 0.2) is 0 Å². The lowest BCUT2D eigenvalue weighted by Crippen LogP contribution is -2.42. The van der Waals surface area contributed by atoms with E-state index in [9.17, 15) is 18.0 Å². The third kappa shape index (κ3) is 5.08. The Balaban J connectivity index is 1.59. The average molecular weight is 456 g/mol. The first-order chi connectivity index (χ1) is 13.8. The van der Waals surface area contributed by atoms with Crippen LogP contribution in [0.25, 0.3) is 0 Å². The number of hydrazine groups is 1. The van der Waals surface area contributed by atoms with Crippen molar-refractivity contribution in [3.8, 4) is 0 Å². The highest BCUT2D eigenvalue weighted by Gasteiger charge is 2.27. The van der Waals surface area contributed by atoms with Crippen molar-refractivity contribution in [3.63, 3.8) is 0 Å². The van der Waals surface area contributed by atoms with Crippen LogP contribution in [0.15, 0.2) is 47.4 Å². The van der Waals surface area contributed by atoms with Crippen LogP contribution in [0.1, 0.15) is 28.8 Å². The summed E-state index contributed by atoms with van der Waals surface area (Å²) >= 11 is 12.1. The summed E-state index contributed by atoms with van der Waals surface area (Å²) in [6, 6.07) is 10.5. The molecular formula is C19H19Cl2N3O4S. The van der Waals surface area contributed by atoms with Gasteiger partial charge in [-0.15, -0.1) is 0 Å². The van der Waals surface area contributed by atoms with E-state index in [4.69, 9.17) is 23.2 Å². The molecule has 0 radical (unpaired) electrons. The number of benzene rings is 2. The van der Waals surface area contributed by atoms with Gasteiger partial charge in [-0.2, -0.15) is 4.31 Å². The number of hydrogen-bond donors (Lipinski definition) is 2. The van der Waals surface area contributed by atoms with E-state index in [2.05, 4.69) is 10.9 Å². The summed E-state index contributed by atoms with van der Waals surface area (Å²) in [5, 5.41) is 0.711. The first kappa shape index (κ1) is 21.6. The minimum absolute atomic E-state index is 0.105. The number of rotatable bonds is 5. The Bertz CT molecular complexity index is 1000. The number of nitrogens with one attached hydrogen (secondary N) is 2. The number of carbonyl (C=O) groups excluding carboxylic acids is 2. The molecule has 7 nitrogen and oxygen atoms in total. The number of carbonyl (C=O) groups is 2. The van der Waals surface area contributed by atoms with Gasteiger partial charge in [-0.3, -0.25) is 20.4 Å². The van der Waals surface area contributed by atoms with Crippen LogP contribution in [0.4, 0.5) is 0 Å². The van der Waals surface area contributed by atoms with Gasteiger partial charge in [-0.05, 0) is 54.8 Å². The summed E-state index contributed by atoms with van der Waals surface area (Å²) in [7, 11) is -3.54. The zero-order chi connectivity index (χ0) is 21.0. The molecular weight excluding hydrogens is 437 g/mol. The molecule has 0 atom stereocenters. The molecule has 2 aromatic rings. The molecule has 1 fully saturated rings. The molecule has 0 aromatic heterocycles. The van der Waals surface area contributed by atoms with Gasteiger partial charge >= 0.3 is 0 Å². The lowest BCUT2D eigenvalue weighted by molar-refractivity contribution is -0.121. The number of nitrogens with zero attached hydrogens (tertiary/aromatic N) is 1. The highest BCUT2D eigenvalue weighted by atomic mass is 35.5. The Morgan fingerprint density at radius 3 is 2.10 bits per heavy atom. The van der Waals surface area contributed by atoms with Crippen molar-refractivity contribution in [3.05, 3.63) is 63.6 Å².